The van der Waals surface area contributed by atoms with Crippen molar-refractivity contribution in [1.29, 1.82) is 0 Å². The maximum atomic E-state index is 11.9. The van der Waals surface area contributed by atoms with E-state index in [0.717, 1.165) is 35.9 Å². The van der Waals surface area contributed by atoms with Gasteiger partial charge in [-0.05, 0) is 56.6 Å². The number of carbonyl (C=O) groups excluding carboxylic acids is 5. The molecule has 50 heavy (non-hydrogen) atoms. The van der Waals surface area contributed by atoms with Crippen LogP contribution in [0.3, 0.4) is 0 Å². The van der Waals surface area contributed by atoms with Crippen LogP contribution in [0.1, 0.15) is 47.5 Å². The van der Waals surface area contributed by atoms with Gasteiger partial charge >= 0.3 is 30.0 Å². The minimum atomic E-state index is -1.04. The molecule has 0 aromatic rings. The molecule has 0 bridgehead atoms. The van der Waals surface area contributed by atoms with Crippen molar-refractivity contribution in [2.24, 2.45) is 0 Å². The van der Waals surface area contributed by atoms with E-state index in [1.165, 1.54) is 75.1 Å². The molecule has 3 amide bonds. The normalized spacial score (nSPS) is 13.0. The first kappa shape index (κ1) is 52.1. The minimum Gasteiger partial charge on any atom is -1.00 e. The summed E-state index contributed by atoms with van der Waals surface area (Å²) in [5.74, 6) is 1.08. The maximum absolute atomic E-state index is 11.9. The van der Waals surface area contributed by atoms with Crippen LogP contribution in [-0.4, -0.2) is 142 Å². The lowest BCUT2D eigenvalue weighted by Crippen LogP contribution is -3.00. The van der Waals surface area contributed by atoms with Crippen LogP contribution in [0.4, 0.5) is 4.79 Å². The van der Waals surface area contributed by atoms with E-state index in [9.17, 15) is 33.6 Å². The minimum absolute atomic E-state index is 0. The molecule has 0 saturated carbocycles. The number of rotatable bonds is 23. The number of esters is 2. The number of thioether (sulfide) groups is 4. The van der Waals surface area contributed by atoms with E-state index in [1.807, 2.05) is 0 Å². The summed E-state index contributed by atoms with van der Waals surface area (Å²) in [5, 5.41) is 25.0. The molecule has 0 aromatic carbocycles. The summed E-state index contributed by atoms with van der Waals surface area (Å²) in [5.41, 5.74) is 2.85. The van der Waals surface area contributed by atoms with Crippen LogP contribution < -0.4 is 34.1 Å². The summed E-state index contributed by atoms with van der Waals surface area (Å²) >= 11 is 6.00. The first-order valence-corrected chi connectivity index (χ1v) is 19.7. The van der Waals surface area contributed by atoms with Crippen molar-refractivity contribution in [3.63, 3.8) is 0 Å². The van der Waals surface area contributed by atoms with Gasteiger partial charge in [-0.3, -0.25) is 9.59 Å². The second-order valence-electron chi connectivity index (χ2n) is 11.1. The predicted molar refractivity (Wildman–Crippen MR) is 193 cm³/mol. The third-order valence-electron chi connectivity index (χ3n) is 5.39. The lowest BCUT2D eigenvalue weighted by molar-refractivity contribution is -0.400. The molecule has 8 N–H and O–H groups in total. The smallest absolute Gasteiger partial charge is 0.408 e. The summed E-state index contributed by atoms with van der Waals surface area (Å²) in [7, 11) is 2.54. The van der Waals surface area contributed by atoms with Gasteiger partial charge in [0.25, 0.3) is 0 Å². The maximum Gasteiger partial charge on any atom is 0.408 e. The van der Waals surface area contributed by atoms with Crippen LogP contribution in [0.15, 0.2) is 0 Å². The largest absolute Gasteiger partial charge is 1.00 e. The average molecular weight is 813 g/mol. The molecule has 0 unspecified atom stereocenters. The Kier molecular flexibility index (Phi) is 31.7. The molecule has 0 rings (SSSR count). The lowest BCUT2D eigenvalue weighted by Gasteiger charge is -2.22. The highest BCUT2D eigenvalue weighted by molar-refractivity contribution is 8.00. The van der Waals surface area contributed by atoms with Crippen LogP contribution in [-0.2, 0) is 43.0 Å². The number of ether oxygens (including phenoxy) is 3. The van der Waals surface area contributed by atoms with Gasteiger partial charge in [-0.15, -0.1) is 0 Å². The summed E-state index contributed by atoms with van der Waals surface area (Å²) in [6.07, 6.45) is 1.01. The second kappa shape index (κ2) is 30.4. The number of methoxy groups -OCH3 is 2. The first-order valence-electron chi connectivity index (χ1n) is 15.1. The number of quaternary nitrogens is 1. The number of amides is 3. The molecule has 0 spiro atoms. The highest BCUT2D eigenvalue weighted by Crippen LogP contribution is 2.13. The zero-order chi connectivity index (χ0) is 38.0. The van der Waals surface area contributed by atoms with Gasteiger partial charge in [-0.2, -0.15) is 47.0 Å². The van der Waals surface area contributed by atoms with E-state index < -0.39 is 59.7 Å². The molecule has 0 aliphatic heterocycles. The first-order chi connectivity index (χ1) is 22.8. The molecule has 0 heterocycles. The average Bonchev–Trinajstić information content (AvgIpc) is 2.99. The van der Waals surface area contributed by atoms with Crippen LogP contribution in [0.5, 0.6) is 0 Å². The zero-order valence-electron chi connectivity index (χ0n) is 29.6. The number of carboxylic acid groups (broad SMARTS) is 2. The predicted octanol–water partition coefficient (Wildman–Crippen LogP) is -2.28. The van der Waals surface area contributed by atoms with E-state index in [2.05, 4.69) is 26.4 Å². The molecule has 21 heteroatoms. The summed E-state index contributed by atoms with van der Waals surface area (Å²) in [6.45, 7) is 7.85. The van der Waals surface area contributed by atoms with E-state index >= 15 is 0 Å². The molecule has 0 radical (unpaired) electrons. The molecule has 0 saturated heterocycles. The van der Waals surface area contributed by atoms with Crippen LogP contribution in [0.2, 0.25) is 0 Å². The number of nitrogens with one attached hydrogen (secondary N) is 3. The van der Waals surface area contributed by atoms with Crippen molar-refractivity contribution in [1.82, 2.24) is 16.0 Å². The second-order valence-corrected chi connectivity index (χ2v) is 15.7. The third kappa shape index (κ3) is 30.6. The fraction of sp³-hybridized carbons (Fsp3) is 0.759. The Labute approximate surface area is 317 Å². The molecule has 0 aliphatic rings. The van der Waals surface area contributed by atoms with Crippen molar-refractivity contribution in [3.8, 4) is 0 Å². The van der Waals surface area contributed by atoms with Gasteiger partial charge < -0.3 is 58.5 Å². The van der Waals surface area contributed by atoms with Crippen molar-refractivity contribution < 1.29 is 76.1 Å². The molecular weight excluding hydrogens is 760 g/mol. The van der Waals surface area contributed by atoms with Gasteiger partial charge in [0.05, 0.1) is 20.0 Å². The summed E-state index contributed by atoms with van der Waals surface area (Å²) in [6, 6.07) is -2.92. The van der Waals surface area contributed by atoms with Gasteiger partial charge in [0.2, 0.25) is 11.8 Å². The van der Waals surface area contributed by atoms with Crippen molar-refractivity contribution >= 4 is 88.8 Å². The quantitative estimate of drug-likeness (QED) is 0.0361. The number of hydrogen-bond acceptors (Lipinski definition) is 14. The van der Waals surface area contributed by atoms with E-state index in [-0.39, 0.29) is 24.2 Å². The van der Waals surface area contributed by atoms with Gasteiger partial charge in [0, 0.05) is 31.1 Å². The lowest BCUT2D eigenvalue weighted by atomic mass is 10.2. The van der Waals surface area contributed by atoms with Crippen LogP contribution in [0, 0.1) is 0 Å². The molecular formula is C29H53ClN4O12S4. The van der Waals surface area contributed by atoms with E-state index in [1.54, 1.807) is 20.8 Å². The van der Waals surface area contributed by atoms with Gasteiger partial charge in [-0.1, -0.05) is 0 Å². The van der Waals surface area contributed by atoms with E-state index in [0.29, 0.717) is 23.0 Å². The van der Waals surface area contributed by atoms with Gasteiger partial charge in [0.15, 0.2) is 6.04 Å². The highest BCUT2D eigenvalue weighted by Gasteiger charge is 2.25. The van der Waals surface area contributed by atoms with Gasteiger partial charge in [-0.25, -0.2) is 24.0 Å². The monoisotopic (exact) mass is 812 g/mol. The number of alkyl carbamates (subject to hydrolysis) is 1. The standard InChI is InChI=1S/C18H32N2O7S2.C11H20N2O5S2.ClH/c1-12(21)19-13(15(22)25-5)10-28-8-7-9-29-11-14(16(23)26-6)20-17(24)27-18(2,3)4;1-7(14)13-9(11(17)18)6-20-4-2-3-19-5-8(12)10(15)16;/h13-14H,7-11H2,1-6H3,(H,19,21)(H,20,24);8-9H,2-6,12H2,1H3,(H,13,14)(H,15,16)(H,17,18);1H/t13-,14-;8-,9-;/m00./s1. The van der Waals surface area contributed by atoms with Crippen molar-refractivity contribution in [3.05, 3.63) is 0 Å². The SMILES string of the molecule is CC(=O)N[C@@H](CSCCCSC[C@H]([NH3+])C(=O)O)C(=O)O.COC(=O)[C@H](CSCCCSC[C@H](NC(=O)OC(C)(C)C)C(=O)OC)NC(C)=O.[Cl-]. The summed E-state index contributed by atoms with van der Waals surface area (Å²) < 4.78 is 14.6. The van der Waals surface area contributed by atoms with Crippen molar-refractivity contribution in [2.45, 2.75) is 77.2 Å². The Balaban J connectivity index is -0.000000924. The molecule has 0 aromatic heterocycles. The Hall–Kier alpha value is -2.26. The fourth-order valence-corrected chi connectivity index (χ4v) is 7.39. The van der Waals surface area contributed by atoms with Crippen molar-refractivity contribution in [2.75, 3.05) is 60.2 Å². The number of hydrogen-bond donors (Lipinski definition) is 6. The molecule has 0 fully saturated rings. The van der Waals surface area contributed by atoms with E-state index in [4.69, 9.17) is 19.7 Å². The topological polar surface area (TPSA) is 251 Å². The number of aliphatic carboxylic acids is 2. The Morgan fingerprint density at radius 2 is 1.00 bits per heavy atom. The molecule has 292 valence electrons. The Morgan fingerprint density at radius 1 is 0.640 bits per heavy atom. The zero-order valence-corrected chi connectivity index (χ0v) is 33.6. The number of carbonyl (C=O) groups is 7. The molecule has 16 nitrogen and oxygen atoms in total. The fourth-order valence-electron chi connectivity index (χ4n) is 3.16. The summed E-state index contributed by atoms with van der Waals surface area (Å²) in [4.78, 5) is 78.6. The van der Waals surface area contributed by atoms with Crippen LogP contribution in [0.25, 0.3) is 0 Å². The number of carboxylic acids is 2. The molecule has 0 aliphatic carbocycles. The number of halogens is 1. The Bertz CT molecular complexity index is 1060. The van der Waals surface area contributed by atoms with Crippen LogP contribution >= 0.6 is 47.0 Å². The third-order valence-corrected chi connectivity index (χ3v) is 10.0. The molecule has 4 atom stereocenters. The van der Waals surface area contributed by atoms with Gasteiger partial charge in [0.1, 0.15) is 23.7 Å². The highest BCUT2D eigenvalue weighted by atomic mass is 35.5. The Morgan fingerprint density at radius 3 is 1.34 bits per heavy atom.